The topological polar surface area (TPSA) is 24.9 Å². The second kappa shape index (κ2) is 6.38. The van der Waals surface area contributed by atoms with Crippen LogP contribution in [-0.4, -0.2) is 12.0 Å². The summed E-state index contributed by atoms with van der Waals surface area (Å²) in [6.07, 6.45) is 2.58. The van der Waals surface area contributed by atoms with Crippen LogP contribution in [0.25, 0.3) is 0 Å². The van der Waals surface area contributed by atoms with Crippen LogP contribution in [0.4, 0.5) is 0 Å². The second-order valence-corrected chi connectivity index (χ2v) is 5.30. The zero-order valence-corrected chi connectivity index (χ0v) is 12.5. The van der Waals surface area contributed by atoms with Crippen molar-refractivity contribution in [3.05, 3.63) is 63.4 Å². The summed E-state index contributed by atoms with van der Waals surface area (Å²) < 4.78 is 0. The number of aromatic nitrogens is 1. The number of hydrogen-bond acceptors (Lipinski definition) is 2. The van der Waals surface area contributed by atoms with Crippen LogP contribution < -0.4 is 5.32 Å². The number of nitrogens with zero attached hydrogens (tertiary/aromatic N) is 1. The largest absolute Gasteiger partial charge is 0.313 e. The molecule has 0 saturated carbocycles. The monoisotopic (exact) mass is 294 g/mol. The predicted molar refractivity (Wildman–Crippen MR) is 80.9 cm³/mol. The average Bonchev–Trinajstić information content (AvgIpc) is 2.41. The molecule has 0 aliphatic carbocycles. The fourth-order valence-corrected chi connectivity index (χ4v) is 2.54. The van der Waals surface area contributed by atoms with Crippen LogP contribution in [0.3, 0.4) is 0 Å². The van der Waals surface area contributed by atoms with Crippen molar-refractivity contribution in [1.29, 1.82) is 0 Å². The molecule has 2 rings (SSSR count). The lowest BCUT2D eigenvalue weighted by molar-refractivity contribution is 0.586. The van der Waals surface area contributed by atoms with Gasteiger partial charge in [0, 0.05) is 28.0 Å². The summed E-state index contributed by atoms with van der Waals surface area (Å²) in [5.74, 6) is 0. The SMILES string of the molecule is CNC(Cc1cc(Cl)ccc1Cl)c1cccnc1C. The molecule has 1 unspecified atom stereocenters. The molecule has 100 valence electrons. The van der Waals surface area contributed by atoms with Gasteiger partial charge in [-0.2, -0.15) is 0 Å². The summed E-state index contributed by atoms with van der Waals surface area (Å²) in [6.45, 7) is 2.01. The number of hydrogen-bond donors (Lipinski definition) is 1. The smallest absolute Gasteiger partial charge is 0.0439 e. The molecule has 1 aromatic carbocycles. The van der Waals surface area contributed by atoms with Crippen LogP contribution in [0.5, 0.6) is 0 Å². The first kappa shape index (κ1) is 14.3. The van der Waals surface area contributed by atoms with E-state index in [4.69, 9.17) is 23.2 Å². The highest BCUT2D eigenvalue weighted by molar-refractivity contribution is 6.33. The highest BCUT2D eigenvalue weighted by Crippen LogP contribution is 2.26. The van der Waals surface area contributed by atoms with E-state index in [9.17, 15) is 0 Å². The number of benzene rings is 1. The number of aryl methyl sites for hydroxylation is 1. The fourth-order valence-electron chi connectivity index (χ4n) is 2.15. The molecule has 1 N–H and O–H groups in total. The van der Waals surface area contributed by atoms with Gasteiger partial charge in [-0.1, -0.05) is 29.3 Å². The summed E-state index contributed by atoms with van der Waals surface area (Å²) in [6, 6.07) is 9.76. The van der Waals surface area contributed by atoms with E-state index in [0.717, 1.165) is 22.7 Å². The third kappa shape index (κ3) is 3.47. The standard InChI is InChI=1S/C15H16Cl2N2/c1-10-13(4-3-7-19-10)15(18-2)9-11-8-12(16)5-6-14(11)17/h3-8,15,18H,9H2,1-2H3. The average molecular weight is 295 g/mol. The Bertz CT molecular complexity index is 570. The molecule has 0 saturated heterocycles. The van der Waals surface area contributed by atoms with Crippen LogP contribution >= 0.6 is 23.2 Å². The Kier molecular flexibility index (Phi) is 4.81. The fraction of sp³-hybridized carbons (Fsp3) is 0.267. The van der Waals surface area contributed by atoms with E-state index < -0.39 is 0 Å². The van der Waals surface area contributed by atoms with Gasteiger partial charge in [-0.3, -0.25) is 4.98 Å². The van der Waals surface area contributed by atoms with Gasteiger partial charge in [0.2, 0.25) is 0 Å². The molecule has 0 amide bonds. The van der Waals surface area contributed by atoms with Crippen molar-refractivity contribution in [2.24, 2.45) is 0 Å². The molecule has 0 radical (unpaired) electrons. The normalized spacial score (nSPS) is 12.4. The first-order valence-corrected chi connectivity index (χ1v) is 6.90. The van der Waals surface area contributed by atoms with Gasteiger partial charge in [0.25, 0.3) is 0 Å². The summed E-state index contributed by atoms with van der Waals surface area (Å²) in [4.78, 5) is 4.33. The Morgan fingerprint density at radius 1 is 1.26 bits per heavy atom. The molecule has 2 nitrogen and oxygen atoms in total. The van der Waals surface area contributed by atoms with Gasteiger partial charge in [0.15, 0.2) is 0 Å². The Morgan fingerprint density at radius 2 is 2.05 bits per heavy atom. The Labute approximate surface area is 123 Å². The van der Waals surface area contributed by atoms with Crippen molar-refractivity contribution >= 4 is 23.2 Å². The zero-order chi connectivity index (χ0) is 13.8. The van der Waals surface area contributed by atoms with Crippen molar-refractivity contribution in [1.82, 2.24) is 10.3 Å². The number of likely N-dealkylation sites (N-methyl/N-ethyl adjacent to an activating group) is 1. The first-order valence-electron chi connectivity index (χ1n) is 6.14. The van der Waals surface area contributed by atoms with Crippen LogP contribution in [0.15, 0.2) is 36.5 Å². The summed E-state index contributed by atoms with van der Waals surface area (Å²) in [5.41, 5.74) is 3.25. The van der Waals surface area contributed by atoms with Gasteiger partial charge in [0.05, 0.1) is 0 Å². The minimum absolute atomic E-state index is 0.171. The second-order valence-electron chi connectivity index (χ2n) is 4.46. The maximum atomic E-state index is 6.22. The summed E-state index contributed by atoms with van der Waals surface area (Å²) in [7, 11) is 1.94. The van der Waals surface area contributed by atoms with Crippen molar-refractivity contribution in [2.45, 2.75) is 19.4 Å². The highest BCUT2D eigenvalue weighted by atomic mass is 35.5. The Morgan fingerprint density at radius 3 is 2.74 bits per heavy atom. The molecule has 1 aromatic heterocycles. The van der Waals surface area contributed by atoms with E-state index in [2.05, 4.69) is 16.4 Å². The Hall–Kier alpha value is -1.09. The molecule has 0 aliphatic heterocycles. The highest BCUT2D eigenvalue weighted by Gasteiger charge is 2.14. The lowest BCUT2D eigenvalue weighted by atomic mass is 9.98. The maximum absolute atomic E-state index is 6.22. The number of pyridine rings is 1. The van der Waals surface area contributed by atoms with Crippen molar-refractivity contribution < 1.29 is 0 Å². The third-order valence-electron chi connectivity index (χ3n) is 3.20. The molecular weight excluding hydrogens is 279 g/mol. The zero-order valence-electron chi connectivity index (χ0n) is 11.0. The van der Waals surface area contributed by atoms with Gasteiger partial charge >= 0.3 is 0 Å². The maximum Gasteiger partial charge on any atom is 0.0439 e. The molecule has 1 atom stereocenters. The Balaban J connectivity index is 2.29. The molecule has 0 spiro atoms. The van der Waals surface area contributed by atoms with Crippen LogP contribution in [0, 0.1) is 6.92 Å². The molecule has 0 aliphatic rings. The first-order chi connectivity index (χ1) is 9.11. The molecule has 4 heteroatoms. The number of halogens is 2. The van der Waals surface area contributed by atoms with E-state index in [0.29, 0.717) is 5.02 Å². The van der Waals surface area contributed by atoms with E-state index in [1.165, 1.54) is 5.56 Å². The lowest BCUT2D eigenvalue weighted by Gasteiger charge is -2.19. The van der Waals surface area contributed by atoms with Crippen LogP contribution in [-0.2, 0) is 6.42 Å². The van der Waals surface area contributed by atoms with E-state index in [1.54, 1.807) is 12.3 Å². The number of rotatable bonds is 4. The van der Waals surface area contributed by atoms with E-state index >= 15 is 0 Å². The minimum Gasteiger partial charge on any atom is -0.313 e. The predicted octanol–water partition coefficient (Wildman–Crippen LogP) is 4.20. The van der Waals surface area contributed by atoms with Gasteiger partial charge in [0.1, 0.15) is 0 Å². The molecule has 0 fully saturated rings. The lowest BCUT2D eigenvalue weighted by Crippen LogP contribution is -2.20. The van der Waals surface area contributed by atoms with Crippen molar-refractivity contribution in [3.63, 3.8) is 0 Å². The molecule has 2 aromatic rings. The van der Waals surface area contributed by atoms with Crippen LogP contribution in [0.1, 0.15) is 22.9 Å². The van der Waals surface area contributed by atoms with Crippen LogP contribution in [0.2, 0.25) is 10.0 Å². The molecule has 0 bridgehead atoms. The van der Waals surface area contributed by atoms with Gasteiger partial charge in [-0.05, 0) is 55.8 Å². The van der Waals surface area contributed by atoms with Gasteiger partial charge in [-0.25, -0.2) is 0 Å². The minimum atomic E-state index is 0.171. The van der Waals surface area contributed by atoms with Crippen molar-refractivity contribution in [2.75, 3.05) is 7.05 Å². The quantitative estimate of drug-likeness (QED) is 0.914. The molecule has 19 heavy (non-hydrogen) atoms. The van der Waals surface area contributed by atoms with Gasteiger partial charge < -0.3 is 5.32 Å². The summed E-state index contributed by atoms with van der Waals surface area (Å²) >= 11 is 12.3. The molecule has 1 heterocycles. The molecular formula is C15H16Cl2N2. The van der Waals surface area contributed by atoms with Crippen molar-refractivity contribution in [3.8, 4) is 0 Å². The van der Waals surface area contributed by atoms with Gasteiger partial charge in [-0.15, -0.1) is 0 Å². The third-order valence-corrected chi connectivity index (χ3v) is 3.81. The van der Waals surface area contributed by atoms with E-state index in [1.807, 2.05) is 32.2 Å². The summed E-state index contributed by atoms with van der Waals surface area (Å²) in [5, 5.41) is 4.76. The number of nitrogens with one attached hydrogen (secondary N) is 1. The van der Waals surface area contributed by atoms with E-state index in [-0.39, 0.29) is 6.04 Å².